The fourth-order valence-electron chi connectivity index (χ4n) is 2.96. The summed E-state index contributed by atoms with van der Waals surface area (Å²) >= 11 is 11.9. The fraction of sp³-hybridized carbons (Fsp3) is 0.278. The zero-order chi connectivity index (χ0) is 19.4. The zero-order valence-corrected chi connectivity index (χ0v) is 16.8. The van der Waals surface area contributed by atoms with E-state index >= 15 is 0 Å². The topological polar surface area (TPSA) is 70.9 Å². The van der Waals surface area contributed by atoms with E-state index in [1.165, 1.54) is 16.4 Å². The lowest BCUT2D eigenvalue weighted by Gasteiger charge is -2.31. The predicted molar refractivity (Wildman–Crippen MR) is 106 cm³/mol. The summed E-state index contributed by atoms with van der Waals surface area (Å²) in [5.41, 5.74) is 0.576. The lowest BCUT2D eigenvalue weighted by atomic mass is 10.3. The van der Waals surface area contributed by atoms with E-state index < -0.39 is 10.0 Å². The molecule has 3 rings (SSSR count). The minimum atomic E-state index is -3.54. The molecule has 2 N–H and O–H groups in total. The van der Waals surface area contributed by atoms with E-state index in [-0.39, 0.29) is 17.3 Å². The number of anilines is 1. The lowest BCUT2D eigenvalue weighted by molar-refractivity contribution is -0.895. The molecule has 6 nitrogen and oxygen atoms in total. The number of rotatable bonds is 5. The number of halogens is 2. The SMILES string of the molecule is O=C(C[NH+]1CCN(S(=O)(=O)c2ccc(Cl)cc2)CC1)Nc1ccccc1Cl. The third kappa shape index (κ3) is 5.00. The smallest absolute Gasteiger partial charge is 0.279 e. The summed E-state index contributed by atoms with van der Waals surface area (Å²) in [6, 6.07) is 13.2. The third-order valence-corrected chi connectivity index (χ3v) is 6.93. The number of hydrogen-bond acceptors (Lipinski definition) is 3. The molecule has 0 spiro atoms. The van der Waals surface area contributed by atoms with Gasteiger partial charge in [0.05, 0.1) is 41.8 Å². The number of quaternary nitrogens is 1. The molecule has 1 heterocycles. The van der Waals surface area contributed by atoms with Crippen LogP contribution in [-0.4, -0.2) is 51.4 Å². The van der Waals surface area contributed by atoms with Gasteiger partial charge in [-0.15, -0.1) is 0 Å². The van der Waals surface area contributed by atoms with Crippen molar-refractivity contribution in [1.82, 2.24) is 4.31 Å². The van der Waals surface area contributed by atoms with Crippen LogP contribution in [0.5, 0.6) is 0 Å². The number of sulfonamides is 1. The second-order valence-corrected chi connectivity index (χ2v) is 9.09. The largest absolute Gasteiger partial charge is 0.325 e. The van der Waals surface area contributed by atoms with Gasteiger partial charge in [0.1, 0.15) is 0 Å². The van der Waals surface area contributed by atoms with Crippen LogP contribution in [0.25, 0.3) is 0 Å². The van der Waals surface area contributed by atoms with E-state index in [2.05, 4.69) is 5.32 Å². The van der Waals surface area contributed by atoms with Crippen LogP contribution < -0.4 is 10.2 Å². The second kappa shape index (κ2) is 8.58. The molecule has 1 aliphatic rings. The first-order valence-corrected chi connectivity index (χ1v) is 10.7. The molecule has 0 aliphatic carbocycles. The van der Waals surface area contributed by atoms with Crippen LogP contribution in [0, 0.1) is 0 Å². The van der Waals surface area contributed by atoms with Crippen LogP contribution in [0.15, 0.2) is 53.4 Å². The average molecular weight is 429 g/mol. The van der Waals surface area contributed by atoms with Gasteiger partial charge in [-0.3, -0.25) is 4.79 Å². The quantitative estimate of drug-likeness (QED) is 0.758. The molecule has 1 aliphatic heterocycles. The lowest BCUT2D eigenvalue weighted by Crippen LogP contribution is -3.15. The molecular weight excluding hydrogens is 409 g/mol. The minimum absolute atomic E-state index is 0.146. The Labute approximate surface area is 168 Å². The van der Waals surface area contributed by atoms with Gasteiger partial charge < -0.3 is 10.2 Å². The number of amides is 1. The van der Waals surface area contributed by atoms with Crippen LogP contribution in [0.4, 0.5) is 5.69 Å². The number of nitrogens with zero attached hydrogens (tertiary/aromatic N) is 1. The van der Waals surface area contributed by atoms with Gasteiger partial charge in [-0.1, -0.05) is 35.3 Å². The molecule has 1 fully saturated rings. The van der Waals surface area contributed by atoms with E-state index in [1.54, 1.807) is 36.4 Å². The monoisotopic (exact) mass is 428 g/mol. The van der Waals surface area contributed by atoms with E-state index in [0.29, 0.717) is 41.9 Å². The van der Waals surface area contributed by atoms with E-state index in [9.17, 15) is 13.2 Å². The number of para-hydroxylation sites is 1. The van der Waals surface area contributed by atoms with E-state index in [0.717, 1.165) is 4.90 Å². The summed E-state index contributed by atoms with van der Waals surface area (Å²) in [6.07, 6.45) is 0. The number of carbonyl (C=O) groups excluding carboxylic acids is 1. The Morgan fingerprint density at radius 3 is 2.30 bits per heavy atom. The molecule has 1 amide bonds. The maximum absolute atomic E-state index is 12.7. The highest BCUT2D eigenvalue weighted by molar-refractivity contribution is 7.89. The minimum Gasteiger partial charge on any atom is -0.325 e. The first-order valence-electron chi connectivity index (χ1n) is 8.50. The van der Waals surface area contributed by atoms with Crippen LogP contribution >= 0.6 is 23.2 Å². The molecule has 2 aromatic carbocycles. The van der Waals surface area contributed by atoms with Gasteiger partial charge in [-0.2, -0.15) is 4.31 Å². The highest BCUT2D eigenvalue weighted by Gasteiger charge is 2.31. The maximum atomic E-state index is 12.7. The van der Waals surface area contributed by atoms with Crippen molar-refractivity contribution in [2.75, 3.05) is 38.0 Å². The predicted octanol–water partition coefficient (Wildman–Crippen LogP) is 1.52. The summed E-state index contributed by atoms with van der Waals surface area (Å²) in [5, 5.41) is 3.77. The zero-order valence-electron chi connectivity index (χ0n) is 14.5. The Hall–Kier alpha value is -1.64. The molecule has 0 atom stereocenters. The summed E-state index contributed by atoms with van der Waals surface area (Å²) in [4.78, 5) is 13.5. The third-order valence-electron chi connectivity index (χ3n) is 4.44. The molecule has 0 unspecified atom stereocenters. The van der Waals surface area contributed by atoms with Gasteiger partial charge in [0, 0.05) is 5.02 Å². The molecular formula is C18H20Cl2N3O3S+. The molecule has 2 aromatic rings. The van der Waals surface area contributed by atoms with Crippen molar-refractivity contribution in [2.45, 2.75) is 4.90 Å². The molecule has 144 valence electrons. The number of piperazine rings is 1. The molecule has 1 saturated heterocycles. The van der Waals surface area contributed by atoms with Gasteiger partial charge in [-0.05, 0) is 36.4 Å². The van der Waals surface area contributed by atoms with Crippen molar-refractivity contribution >= 4 is 44.8 Å². The van der Waals surface area contributed by atoms with Gasteiger partial charge in [0.15, 0.2) is 6.54 Å². The number of nitrogens with one attached hydrogen (secondary N) is 2. The van der Waals surface area contributed by atoms with Crippen molar-refractivity contribution < 1.29 is 18.1 Å². The molecule has 27 heavy (non-hydrogen) atoms. The Bertz CT molecular complexity index is 912. The number of benzene rings is 2. The summed E-state index contributed by atoms with van der Waals surface area (Å²) in [7, 11) is -3.54. The first-order chi connectivity index (χ1) is 12.9. The molecule has 0 bridgehead atoms. The normalized spacial score (nSPS) is 16.2. The number of hydrogen-bond donors (Lipinski definition) is 2. The molecule has 0 radical (unpaired) electrons. The van der Waals surface area contributed by atoms with Crippen molar-refractivity contribution in [3.05, 3.63) is 58.6 Å². The van der Waals surface area contributed by atoms with Gasteiger partial charge in [-0.25, -0.2) is 8.42 Å². The van der Waals surface area contributed by atoms with E-state index in [4.69, 9.17) is 23.2 Å². The maximum Gasteiger partial charge on any atom is 0.279 e. The van der Waals surface area contributed by atoms with Crippen molar-refractivity contribution in [1.29, 1.82) is 0 Å². The fourth-order valence-corrected chi connectivity index (χ4v) is 4.71. The van der Waals surface area contributed by atoms with Crippen molar-refractivity contribution in [2.24, 2.45) is 0 Å². The van der Waals surface area contributed by atoms with E-state index in [1.807, 2.05) is 0 Å². The molecule has 0 aromatic heterocycles. The van der Waals surface area contributed by atoms with Gasteiger partial charge in [0.2, 0.25) is 10.0 Å². The van der Waals surface area contributed by atoms with Crippen LogP contribution in [0.2, 0.25) is 10.0 Å². The number of carbonyl (C=O) groups is 1. The Kier molecular flexibility index (Phi) is 6.39. The average Bonchev–Trinajstić information content (AvgIpc) is 2.64. The van der Waals surface area contributed by atoms with Crippen LogP contribution in [0.3, 0.4) is 0 Å². The second-order valence-electron chi connectivity index (χ2n) is 6.31. The van der Waals surface area contributed by atoms with Gasteiger partial charge >= 0.3 is 0 Å². The summed E-state index contributed by atoms with van der Waals surface area (Å²) < 4.78 is 26.8. The van der Waals surface area contributed by atoms with Crippen molar-refractivity contribution in [3.63, 3.8) is 0 Å². The highest BCUT2D eigenvalue weighted by atomic mass is 35.5. The molecule has 9 heteroatoms. The highest BCUT2D eigenvalue weighted by Crippen LogP contribution is 2.20. The van der Waals surface area contributed by atoms with Crippen LogP contribution in [-0.2, 0) is 14.8 Å². The molecule has 0 saturated carbocycles. The first kappa shape index (κ1) is 20.1. The standard InChI is InChI=1S/C18H19Cl2N3O3S/c19-14-5-7-15(8-6-14)27(25,26)23-11-9-22(10-12-23)13-18(24)21-17-4-2-1-3-16(17)20/h1-8H,9-13H2,(H,21,24)/p+1. The summed E-state index contributed by atoms with van der Waals surface area (Å²) in [5.74, 6) is -0.146. The van der Waals surface area contributed by atoms with Crippen molar-refractivity contribution in [3.8, 4) is 0 Å². The Balaban J connectivity index is 1.55. The Morgan fingerprint density at radius 1 is 1.04 bits per heavy atom. The summed E-state index contributed by atoms with van der Waals surface area (Å²) in [6.45, 7) is 2.10. The Morgan fingerprint density at radius 2 is 1.67 bits per heavy atom. The van der Waals surface area contributed by atoms with Gasteiger partial charge in [0.25, 0.3) is 5.91 Å². The van der Waals surface area contributed by atoms with Crippen LogP contribution in [0.1, 0.15) is 0 Å².